The SMILES string of the molecule is COC(=O)[C@H]1Cc2ccccc2C[NH+]1CC(=O)Nc1sc2c(c1C(N)=O)CCC2. The maximum Gasteiger partial charge on any atom is 0.365 e. The number of nitrogens with two attached hydrogens (primary N) is 1. The molecule has 2 aromatic rings. The maximum absolute atomic E-state index is 12.8. The number of aryl methyl sites for hydroxylation is 1. The van der Waals surface area contributed by atoms with Crippen LogP contribution in [0.25, 0.3) is 0 Å². The van der Waals surface area contributed by atoms with E-state index < -0.39 is 11.9 Å². The first-order chi connectivity index (χ1) is 14.0. The molecule has 0 spiro atoms. The van der Waals surface area contributed by atoms with Crippen LogP contribution in [0.1, 0.15) is 38.3 Å². The summed E-state index contributed by atoms with van der Waals surface area (Å²) in [6.45, 7) is 0.668. The molecule has 4 N–H and O–H groups in total. The lowest BCUT2D eigenvalue weighted by Crippen LogP contribution is -3.17. The molecule has 0 saturated heterocycles. The second-order valence-electron chi connectivity index (χ2n) is 7.53. The fourth-order valence-corrected chi connectivity index (χ4v) is 5.68. The van der Waals surface area contributed by atoms with E-state index >= 15 is 0 Å². The zero-order valence-electron chi connectivity index (χ0n) is 16.2. The number of carbonyl (C=O) groups excluding carboxylic acids is 3. The van der Waals surface area contributed by atoms with E-state index in [4.69, 9.17) is 10.5 Å². The van der Waals surface area contributed by atoms with Gasteiger partial charge in [0.2, 0.25) is 0 Å². The van der Waals surface area contributed by atoms with Crippen molar-refractivity contribution in [2.45, 2.75) is 38.3 Å². The Balaban J connectivity index is 1.53. The molecule has 2 amide bonds. The summed E-state index contributed by atoms with van der Waals surface area (Å²) < 4.78 is 4.98. The van der Waals surface area contributed by atoms with Crippen molar-refractivity contribution < 1.29 is 24.0 Å². The van der Waals surface area contributed by atoms with Crippen LogP contribution in [0.2, 0.25) is 0 Å². The van der Waals surface area contributed by atoms with Crippen LogP contribution in [0, 0.1) is 0 Å². The van der Waals surface area contributed by atoms with Gasteiger partial charge in [0.05, 0.1) is 12.7 Å². The van der Waals surface area contributed by atoms with Gasteiger partial charge in [-0.1, -0.05) is 24.3 Å². The third-order valence-electron chi connectivity index (χ3n) is 5.75. The van der Waals surface area contributed by atoms with Crippen LogP contribution >= 0.6 is 11.3 Å². The molecular formula is C21H24N3O4S+. The number of methoxy groups -OCH3 is 1. The maximum atomic E-state index is 12.8. The Morgan fingerprint density at radius 2 is 2.00 bits per heavy atom. The number of esters is 1. The first-order valence-electron chi connectivity index (χ1n) is 9.71. The Labute approximate surface area is 172 Å². The van der Waals surface area contributed by atoms with E-state index in [2.05, 4.69) is 5.32 Å². The van der Waals surface area contributed by atoms with Crippen molar-refractivity contribution >= 4 is 34.1 Å². The van der Waals surface area contributed by atoms with Crippen molar-refractivity contribution in [2.24, 2.45) is 5.73 Å². The number of quaternary nitrogens is 1. The second-order valence-corrected chi connectivity index (χ2v) is 8.64. The third kappa shape index (κ3) is 3.77. The van der Waals surface area contributed by atoms with Gasteiger partial charge >= 0.3 is 5.97 Å². The van der Waals surface area contributed by atoms with Crippen molar-refractivity contribution in [3.05, 3.63) is 51.4 Å². The van der Waals surface area contributed by atoms with E-state index in [9.17, 15) is 14.4 Å². The Morgan fingerprint density at radius 3 is 2.72 bits per heavy atom. The van der Waals surface area contributed by atoms with Gasteiger partial charge in [-0.25, -0.2) is 4.79 Å². The van der Waals surface area contributed by atoms with E-state index in [1.807, 2.05) is 24.3 Å². The van der Waals surface area contributed by atoms with Crippen molar-refractivity contribution in [1.82, 2.24) is 0 Å². The second kappa shape index (κ2) is 7.96. The van der Waals surface area contributed by atoms with Crippen molar-refractivity contribution in [3.8, 4) is 0 Å². The fraction of sp³-hybridized carbons (Fsp3) is 0.381. The third-order valence-corrected chi connectivity index (χ3v) is 6.95. The molecule has 0 bridgehead atoms. The molecule has 1 aliphatic carbocycles. The van der Waals surface area contributed by atoms with Crippen molar-refractivity contribution in [3.63, 3.8) is 0 Å². The van der Waals surface area contributed by atoms with Gasteiger partial charge in [0.25, 0.3) is 11.8 Å². The van der Waals surface area contributed by atoms with E-state index in [1.54, 1.807) is 0 Å². The van der Waals surface area contributed by atoms with Gasteiger partial charge in [0.1, 0.15) is 11.5 Å². The molecule has 0 radical (unpaired) electrons. The molecule has 0 saturated carbocycles. The molecule has 0 fully saturated rings. The van der Waals surface area contributed by atoms with Gasteiger partial charge in [0.15, 0.2) is 12.6 Å². The van der Waals surface area contributed by atoms with Crippen LogP contribution in [-0.2, 0) is 40.1 Å². The number of ether oxygens (including phenoxy) is 1. The van der Waals surface area contributed by atoms with Crippen molar-refractivity contribution in [2.75, 3.05) is 19.0 Å². The number of carbonyl (C=O) groups is 3. The molecule has 1 aliphatic heterocycles. The summed E-state index contributed by atoms with van der Waals surface area (Å²) >= 11 is 1.43. The molecule has 4 rings (SSSR count). The number of hydrogen-bond acceptors (Lipinski definition) is 5. The average Bonchev–Trinajstić information content (AvgIpc) is 3.27. The smallest absolute Gasteiger partial charge is 0.365 e. The highest BCUT2D eigenvalue weighted by molar-refractivity contribution is 7.17. The Hall–Kier alpha value is -2.71. The number of hydrogen-bond donors (Lipinski definition) is 3. The molecule has 2 aliphatic rings. The fourth-order valence-electron chi connectivity index (χ4n) is 4.37. The summed E-state index contributed by atoms with van der Waals surface area (Å²) in [5.74, 6) is -1.07. The normalized spacial score (nSPS) is 19.9. The zero-order valence-corrected chi connectivity index (χ0v) is 17.1. The first-order valence-corrected chi connectivity index (χ1v) is 10.5. The number of thiophene rings is 1. The van der Waals surface area contributed by atoms with Gasteiger partial charge < -0.3 is 20.7 Å². The molecule has 2 atom stereocenters. The number of nitrogens with one attached hydrogen (secondary N) is 2. The predicted octanol–water partition coefficient (Wildman–Crippen LogP) is 0.457. The molecule has 1 aromatic heterocycles. The van der Waals surface area contributed by atoms with Crippen LogP contribution in [0.3, 0.4) is 0 Å². The van der Waals surface area contributed by atoms with Crippen LogP contribution in [0.4, 0.5) is 5.00 Å². The lowest BCUT2D eigenvalue weighted by Gasteiger charge is -2.31. The van der Waals surface area contributed by atoms with Crippen molar-refractivity contribution in [1.29, 1.82) is 0 Å². The number of rotatable bonds is 5. The number of anilines is 1. The van der Waals surface area contributed by atoms with Gasteiger partial charge in [0, 0.05) is 16.9 Å². The van der Waals surface area contributed by atoms with Gasteiger partial charge in [-0.15, -0.1) is 11.3 Å². The molecule has 152 valence electrons. The number of benzene rings is 1. The molecular weight excluding hydrogens is 390 g/mol. The average molecular weight is 415 g/mol. The summed E-state index contributed by atoms with van der Waals surface area (Å²) in [5, 5.41) is 3.40. The van der Waals surface area contributed by atoms with Crippen LogP contribution in [0.5, 0.6) is 0 Å². The zero-order chi connectivity index (χ0) is 20.5. The lowest BCUT2D eigenvalue weighted by atomic mass is 9.94. The minimum absolute atomic E-state index is 0.106. The Bertz CT molecular complexity index is 984. The van der Waals surface area contributed by atoms with E-state index in [1.165, 1.54) is 18.4 Å². The van der Waals surface area contributed by atoms with E-state index in [-0.39, 0.29) is 18.4 Å². The Kier molecular flexibility index (Phi) is 5.38. The largest absolute Gasteiger partial charge is 0.465 e. The molecule has 29 heavy (non-hydrogen) atoms. The van der Waals surface area contributed by atoms with Gasteiger partial charge in [-0.3, -0.25) is 9.59 Å². The highest BCUT2D eigenvalue weighted by atomic mass is 32.1. The molecule has 1 unspecified atom stereocenters. The summed E-state index contributed by atoms with van der Waals surface area (Å²) in [6, 6.07) is 7.50. The summed E-state index contributed by atoms with van der Waals surface area (Å²) in [5.41, 5.74) is 9.23. The van der Waals surface area contributed by atoms with Crippen LogP contribution in [0.15, 0.2) is 24.3 Å². The van der Waals surface area contributed by atoms with Crippen LogP contribution in [-0.4, -0.2) is 37.5 Å². The standard InChI is InChI=1S/C21H23N3O4S/c1-28-21(27)15-9-12-5-2-3-6-13(12)10-24(15)11-17(25)23-20-18(19(22)26)14-7-4-8-16(14)29-20/h2-3,5-6,15H,4,7-11H2,1H3,(H2,22,26)(H,23,25)/p+1/t15-/m1/s1. The number of primary amides is 1. The predicted molar refractivity (Wildman–Crippen MR) is 109 cm³/mol. The summed E-state index contributed by atoms with van der Waals surface area (Å²) in [6.07, 6.45) is 3.27. The van der Waals surface area contributed by atoms with Gasteiger partial charge in [-0.05, 0) is 30.4 Å². The Morgan fingerprint density at radius 1 is 1.24 bits per heavy atom. The molecule has 8 heteroatoms. The molecule has 1 aromatic carbocycles. The number of amides is 2. The molecule has 7 nitrogen and oxygen atoms in total. The van der Waals surface area contributed by atoms with E-state index in [0.717, 1.165) is 45.7 Å². The number of fused-ring (bicyclic) bond motifs is 2. The summed E-state index contributed by atoms with van der Waals surface area (Å²) in [7, 11) is 1.37. The van der Waals surface area contributed by atoms with E-state index in [0.29, 0.717) is 23.5 Å². The highest BCUT2D eigenvalue weighted by Crippen LogP contribution is 2.38. The lowest BCUT2D eigenvalue weighted by molar-refractivity contribution is -0.924. The van der Waals surface area contributed by atoms with Crippen LogP contribution < -0.4 is 16.0 Å². The topological polar surface area (TPSA) is 103 Å². The molecule has 2 heterocycles. The minimum Gasteiger partial charge on any atom is -0.465 e. The van der Waals surface area contributed by atoms with Gasteiger partial charge in [-0.2, -0.15) is 0 Å². The monoisotopic (exact) mass is 414 g/mol. The first kappa shape index (κ1) is 19.6. The summed E-state index contributed by atoms with van der Waals surface area (Å²) in [4.78, 5) is 39.1. The minimum atomic E-state index is -0.508. The highest BCUT2D eigenvalue weighted by Gasteiger charge is 2.37. The quantitative estimate of drug-likeness (QED) is 0.619.